The molecule has 0 bridgehead atoms. The van der Waals surface area contributed by atoms with E-state index in [0.717, 1.165) is 19.3 Å². The highest BCUT2D eigenvalue weighted by Gasteiger charge is 2.50. The third-order valence-electron chi connectivity index (χ3n) is 3.84. The molecule has 3 atom stereocenters. The van der Waals surface area contributed by atoms with Gasteiger partial charge < -0.3 is 15.3 Å². The van der Waals surface area contributed by atoms with Crippen LogP contribution in [0, 0.1) is 5.41 Å². The van der Waals surface area contributed by atoms with Crippen molar-refractivity contribution in [3.05, 3.63) is 0 Å². The fraction of sp³-hybridized carbons (Fsp3) is 1.00. The summed E-state index contributed by atoms with van der Waals surface area (Å²) in [6.07, 6.45) is 3.44. The Morgan fingerprint density at radius 3 is 2.08 bits per heavy atom. The Bertz CT molecular complexity index is 183. The minimum Gasteiger partial charge on any atom is -0.393 e. The number of rotatable bonds is 0. The minimum absolute atomic E-state index is 0.323. The smallest absolute Gasteiger partial charge is 0.0623 e. The van der Waals surface area contributed by atoms with Gasteiger partial charge in [-0.3, -0.25) is 0 Å². The van der Waals surface area contributed by atoms with Gasteiger partial charge in [0, 0.05) is 5.41 Å². The average Bonchev–Trinajstić information content (AvgIpc) is 2.34. The third kappa shape index (κ3) is 1.39. The molecule has 2 aliphatic carbocycles. The van der Waals surface area contributed by atoms with Gasteiger partial charge in [-0.05, 0) is 32.1 Å². The normalized spacial score (nSPS) is 51.5. The highest BCUT2D eigenvalue weighted by atomic mass is 16.3. The molecule has 76 valence electrons. The topological polar surface area (TPSA) is 60.7 Å². The number of hydrogen-bond acceptors (Lipinski definition) is 3. The lowest BCUT2D eigenvalue weighted by molar-refractivity contribution is -0.0805. The van der Waals surface area contributed by atoms with Crippen LogP contribution in [0.5, 0.6) is 0 Å². The zero-order chi connectivity index (χ0) is 9.47. The van der Waals surface area contributed by atoms with Crippen molar-refractivity contribution in [2.24, 2.45) is 5.41 Å². The third-order valence-corrected chi connectivity index (χ3v) is 3.84. The Morgan fingerprint density at radius 2 is 1.54 bits per heavy atom. The molecule has 0 aromatic heterocycles. The molecule has 1 spiro atoms. The zero-order valence-corrected chi connectivity index (χ0v) is 7.82. The SMILES string of the molecule is OC1CCCC2(C1)C(O)CCC2O. The highest BCUT2D eigenvalue weighted by Crippen LogP contribution is 2.49. The van der Waals surface area contributed by atoms with Crippen LogP contribution in [0.25, 0.3) is 0 Å². The lowest BCUT2D eigenvalue weighted by Crippen LogP contribution is -2.44. The molecule has 2 saturated carbocycles. The Labute approximate surface area is 78.4 Å². The molecule has 0 aliphatic heterocycles. The highest BCUT2D eigenvalue weighted by molar-refractivity contribution is 5.01. The molecular weight excluding hydrogens is 168 g/mol. The van der Waals surface area contributed by atoms with Gasteiger partial charge >= 0.3 is 0 Å². The van der Waals surface area contributed by atoms with Crippen molar-refractivity contribution in [3.8, 4) is 0 Å². The molecule has 3 unspecified atom stereocenters. The van der Waals surface area contributed by atoms with Gasteiger partial charge in [-0.25, -0.2) is 0 Å². The van der Waals surface area contributed by atoms with Crippen molar-refractivity contribution in [2.75, 3.05) is 0 Å². The summed E-state index contributed by atoms with van der Waals surface area (Å²) < 4.78 is 0. The molecule has 0 heterocycles. The van der Waals surface area contributed by atoms with Gasteiger partial charge in [0.2, 0.25) is 0 Å². The lowest BCUT2D eigenvalue weighted by Gasteiger charge is -2.41. The largest absolute Gasteiger partial charge is 0.393 e. The van der Waals surface area contributed by atoms with Crippen LogP contribution in [0.15, 0.2) is 0 Å². The molecule has 2 aliphatic rings. The molecule has 0 aromatic carbocycles. The van der Waals surface area contributed by atoms with Gasteiger partial charge in [0.25, 0.3) is 0 Å². The molecular formula is C10H18O3. The average molecular weight is 186 g/mol. The van der Waals surface area contributed by atoms with Crippen LogP contribution < -0.4 is 0 Å². The van der Waals surface area contributed by atoms with Crippen molar-refractivity contribution in [3.63, 3.8) is 0 Å². The Balaban J connectivity index is 2.16. The van der Waals surface area contributed by atoms with E-state index in [4.69, 9.17) is 0 Å². The summed E-state index contributed by atoms with van der Waals surface area (Å²) in [5.41, 5.74) is -0.377. The van der Waals surface area contributed by atoms with Crippen LogP contribution in [-0.2, 0) is 0 Å². The molecule has 3 nitrogen and oxygen atoms in total. The maximum Gasteiger partial charge on any atom is 0.0623 e. The van der Waals surface area contributed by atoms with Crippen LogP contribution in [0.2, 0.25) is 0 Å². The van der Waals surface area contributed by atoms with Gasteiger partial charge in [-0.1, -0.05) is 6.42 Å². The second-order valence-corrected chi connectivity index (χ2v) is 4.59. The summed E-state index contributed by atoms with van der Waals surface area (Å²) >= 11 is 0. The van der Waals surface area contributed by atoms with Crippen LogP contribution in [0.4, 0.5) is 0 Å². The first-order chi connectivity index (χ1) is 6.15. The summed E-state index contributed by atoms with van der Waals surface area (Å²) in [7, 11) is 0. The predicted octanol–water partition coefficient (Wildman–Crippen LogP) is 0.423. The molecule has 3 N–H and O–H groups in total. The first kappa shape index (κ1) is 9.44. The summed E-state index contributed by atoms with van der Waals surface area (Å²) in [5, 5.41) is 29.2. The van der Waals surface area contributed by atoms with Crippen molar-refractivity contribution in [1.82, 2.24) is 0 Å². The van der Waals surface area contributed by atoms with E-state index in [1.54, 1.807) is 0 Å². The van der Waals surface area contributed by atoms with E-state index in [1.165, 1.54) is 0 Å². The Kier molecular flexibility index (Phi) is 2.34. The van der Waals surface area contributed by atoms with E-state index in [1.807, 2.05) is 0 Å². The molecule has 0 amide bonds. The van der Waals surface area contributed by atoms with E-state index >= 15 is 0 Å². The van der Waals surface area contributed by atoms with E-state index in [2.05, 4.69) is 0 Å². The zero-order valence-electron chi connectivity index (χ0n) is 7.82. The maximum atomic E-state index is 9.82. The predicted molar refractivity (Wildman–Crippen MR) is 48.2 cm³/mol. The van der Waals surface area contributed by atoms with Gasteiger partial charge in [0.05, 0.1) is 18.3 Å². The van der Waals surface area contributed by atoms with Crippen molar-refractivity contribution >= 4 is 0 Å². The Morgan fingerprint density at radius 1 is 0.923 bits per heavy atom. The first-order valence-electron chi connectivity index (χ1n) is 5.19. The van der Waals surface area contributed by atoms with E-state index < -0.39 is 12.2 Å². The van der Waals surface area contributed by atoms with E-state index in [9.17, 15) is 15.3 Å². The minimum atomic E-state index is -0.405. The van der Waals surface area contributed by atoms with Crippen molar-refractivity contribution < 1.29 is 15.3 Å². The fourth-order valence-electron chi connectivity index (χ4n) is 3.03. The van der Waals surface area contributed by atoms with Gasteiger partial charge in [0.1, 0.15) is 0 Å². The second kappa shape index (κ2) is 3.23. The molecule has 0 aromatic rings. The standard InChI is InChI=1S/C10H18O3/c11-7-2-1-5-10(6-7)8(12)3-4-9(10)13/h7-9,11-13H,1-6H2. The second-order valence-electron chi connectivity index (χ2n) is 4.59. The first-order valence-corrected chi connectivity index (χ1v) is 5.19. The Hall–Kier alpha value is -0.120. The number of hydrogen-bond donors (Lipinski definition) is 3. The molecule has 2 fully saturated rings. The van der Waals surface area contributed by atoms with Crippen molar-refractivity contribution in [2.45, 2.75) is 56.8 Å². The van der Waals surface area contributed by atoms with Gasteiger partial charge in [-0.15, -0.1) is 0 Å². The molecule has 2 rings (SSSR count). The summed E-state index contributed by atoms with van der Waals surface area (Å²) in [4.78, 5) is 0. The quantitative estimate of drug-likeness (QED) is 0.514. The summed E-state index contributed by atoms with van der Waals surface area (Å²) in [6.45, 7) is 0. The fourth-order valence-corrected chi connectivity index (χ4v) is 3.03. The van der Waals surface area contributed by atoms with E-state index in [-0.39, 0.29) is 11.5 Å². The number of aliphatic hydroxyl groups is 3. The number of aliphatic hydroxyl groups excluding tert-OH is 3. The van der Waals surface area contributed by atoms with Gasteiger partial charge in [-0.2, -0.15) is 0 Å². The van der Waals surface area contributed by atoms with Crippen LogP contribution in [0.1, 0.15) is 38.5 Å². The lowest BCUT2D eigenvalue weighted by atomic mass is 9.69. The monoisotopic (exact) mass is 186 g/mol. The summed E-state index contributed by atoms with van der Waals surface area (Å²) in [5.74, 6) is 0. The van der Waals surface area contributed by atoms with Crippen LogP contribution >= 0.6 is 0 Å². The van der Waals surface area contributed by atoms with Crippen LogP contribution in [-0.4, -0.2) is 33.6 Å². The van der Waals surface area contributed by atoms with Crippen molar-refractivity contribution in [1.29, 1.82) is 0 Å². The van der Waals surface area contributed by atoms with E-state index in [0.29, 0.717) is 19.3 Å². The maximum absolute atomic E-state index is 9.82. The molecule has 0 saturated heterocycles. The molecule has 13 heavy (non-hydrogen) atoms. The molecule has 0 radical (unpaired) electrons. The van der Waals surface area contributed by atoms with Gasteiger partial charge in [0.15, 0.2) is 0 Å². The molecule has 3 heteroatoms. The van der Waals surface area contributed by atoms with Crippen LogP contribution in [0.3, 0.4) is 0 Å². The summed E-state index contributed by atoms with van der Waals surface area (Å²) in [6, 6.07) is 0.